The molecule has 3 aromatic rings. The maximum Gasteiger partial charge on any atom is 0.271 e. The topological polar surface area (TPSA) is 104 Å². The molecule has 2 aromatic heterocycles. The van der Waals surface area contributed by atoms with Gasteiger partial charge in [-0.05, 0) is 49.3 Å². The van der Waals surface area contributed by atoms with Crippen LogP contribution in [-0.2, 0) is 16.1 Å². The fraction of sp³-hybridized carbons (Fsp3) is 0.115. The zero-order chi connectivity index (χ0) is 23.5. The van der Waals surface area contributed by atoms with Crippen LogP contribution in [0.5, 0.6) is 0 Å². The first-order chi connectivity index (χ1) is 15.9. The van der Waals surface area contributed by atoms with Gasteiger partial charge < -0.3 is 4.42 Å². The molecule has 4 rings (SSSR count). The summed E-state index contributed by atoms with van der Waals surface area (Å²) >= 11 is 0. The molecule has 0 fully saturated rings. The van der Waals surface area contributed by atoms with Crippen LogP contribution in [0.1, 0.15) is 35.5 Å². The van der Waals surface area contributed by atoms with E-state index >= 15 is 0 Å². The number of nitriles is 1. The second-order valence-corrected chi connectivity index (χ2v) is 7.56. The van der Waals surface area contributed by atoms with E-state index < -0.39 is 11.8 Å². The smallest absolute Gasteiger partial charge is 0.271 e. The number of benzene rings is 1. The van der Waals surface area contributed by atoms with E-state index in [2.05, 4.69) is 4.98 Å². The number of hydrogen-bond acceptors (Lipinski definition) is 6. The third-order valence-corrected chi connectivity index (χ3v) is 5.38. The summed E-state index contributed by atoms with van der Waals surface area (Å²) in [6, 6.07) is 15.9. The first kappa shape index (κ1) is 21.7. The lowest BCUT2D eigenvalue weighted by Gasteiger charge is -2.27. The van der Waals surface area contributed by atoms with Crippen molar-refractivity contribution >= 4 is 23.7 Å². The molecule has 2 amide bonds. The van der Waals surface area contributed by atoms with E-state index in [1.165, 1.54) is 13.0 Å². The van der Waals surface area contributed by atoms with Gasteiger partial charge in [-0.2, -0.15) is 5.26 Å². The normalized spacial score (nSPS) is 15.2. The minimum absolute atomic E-state index is 0.00715. The van der Waals surface area contributed by atoms with Crippen LogP contribution < -0.4 is 0 Å². The molecule has 162 valence electrons. The highest BCUT2D eigenvalue weighted by Crippen LogP contribution is 2.30. The number of furan rings is 1. The summed E-state index contributed by atoms with van der Waals surface area (Å²) < 4.78 is 5.89. The van der Waals surface area contributed by atoms with Crippen LogP contribution in [0.15, 0.2) is 82.1 Å². The van der Waals surface area contributed by atoms with E-state index in [1.54, 1.807) is 67.8 Å². The number of carbonyl (C=O) groups excluding carboxylic acids is 3. The number of hydrogen-bond donors (Lipinski definition) is 0. The maximum atomic E-state index is 13.2. The predicted molar refractivity (Wildman–Crippen MR) is 120 cm³/mol. The second kappa shape index (κ2) is 8.89. The molecule has 7 heteroatoms. The third kappa shape index (κ3) is 4.27. The summed E-state index contributed by atoms with van der Waals surface area (Å²) in [6.07, 6.45) is 4.70. The summed E-state index contributed by atoms with van der Waals surface area (Å²) in [5.74, 6) is -0.207. The van der Waals surface area contributed by atoms with Crippen LogP contribution in [0, 0.1) is 11.3 Å². The van der Waals surface area contributed by atoms with E-state index in [1.807, 2.05) is 6.07 Å². The van der Waals surface area contributed by atoms with Gasteiger partial charge in [-0.3, -0.25) is 24.3 Å². The highest BCUT2D eigenvalue weighted by molar-refractivity contribution is 6.19. The molecule has 0 bridgehead atoms. The molecule has 0 unspecified atom stereocenters. The highest BCUT2D eigenvalue weighted by atomic mass is 16.3. The molecule has 0 aliphatic carbocycles. The summed E-state index contributed by atoms with van der Waals surface area (Å²) in [5, 5.41) is 9.55. The largest absolute Gasteiger partial charge is 0.457 e. The van der Waals surface area contributed by atoms with Crippen LogP contribution in [0.25, 0.3) is 17.4 Å². The Labute approximate surface area is 190 Å². The second-order valence-electron chi connectivity index (χ2n) is 7.56. The fourth-order valence-electron chi connectivity index (χ4n) is 3.54. The number of nitrogens with zero attached hydrogens (tertiary/aromatic N) is 3. The summed E-state index contributed by atoms with van der Waals surface area (Å²) in [7, 11) is 0. The van der Waals surface area contributed by atoms with Crippen molar-refractivity contribution in [1.82, 2.24) is 9.88 Å². The number of carbonyl (C=O) groups is 3. The Hall–Kier alpha value is -4.57. The molecule has 7 nitrogen and oxygen atoms in total. The van der Waals surface area contributed by atoms with E-state index in [0.717, 1.165) is 10.5 Å². The molecular formula is C26H19N3O4. The SMILES string of the molecule is CC(=O)c1ccc(-c2ccc(/C=C3/C(=O)N(Cc4cccnc4)C(=O)C(C#N)=C3C)o2)cc1. The molecule has 0 atom stereocenters. The third-order valence-electron chi connectivity index (χ3n) is 5.38. The maximum absolute atomic E-state index is 13.2. The number of amides is 2. The van der Waals surface area contributed by atoms with Gasteiger partial charge in [0.05, 0.1) is 6.54 Å². The van der Waals surface area contributed by atoms with Crippen molar-refractivity contribution < 1.29 is 18.8 Å². The van der Waals surface area contributed by atoms with E-state index in [0.29, 0.717) is 28.2 Å². The quantitative estimate of drug-likeness (QED) is 0.334. The van der Waals surface area contributed by atoms with Crippen LogP contribution >= 0.6 is 0 Å². The number of rotatable bonds is 5. The van der Waals surface area contributed by atoms with Crippen molar-refractivity contribution in [2.24, 2.45) is 0 Å². The Morgan fingerprint density at radius 1 is 1.12 bits per heavy atom. The zero-order valence-corrected chi connectivity index (χ0v) is 18.0. The highest BCUT2D eigenvalue weighted by Gasteiger charge is 2.35. The molecule has 0 radical (unpaired) electrons. The minimum Gasteiger partial charge on any atom is -0.457 e. The molecule has 1 aliphatic rings. The number of Topliss-reactive ketones (excluding diaryl/α,β-unsaturated/α-hetero) is 1. The monoisotopic (exact) mass is 437 g/mol. The molecule has 33 heavy (non-hydrogen) atoms. The summed E-state index contributed by atoms with van der Waals surface area (Å²) in [4.78, 5) is 42.5. The molecule has 0 N–H and O–H groups in total. The molecular weight excluding hydrogens is 418 g/mol. The molecule has 3 heterocycles. The van der Waals surface area contributed by atoms with Crippen molar-refractivity contribution in [3.05, 3.63) is 94.5 Å². The van der Waals surface area contributed by atoms with Crippen molar-refractivity contribution in [2.75, 3.05) is 0 Å². The average molecular weight is 437 g/mol. The van der Waals surface area contributed by atoms with Crippen molar-refractivity contribution in [1.29, 1.82) is 5.26 Å². The van der Waals surface area contributed by atoms with Gasteiger partial charge in [-0.1, -0.05) is 30.3 Å². The molecule has 1 aliphatic heterocycles. The molecule has 0 saturated carbocycles. The van der Waals surface area contributed by atoms with Crippen LogP contribution in [0.2, 0.25) is 0 Å². The first-order valence-electron chi connectivity index (χ1n) is 10.2. The van der Waals surface area contributed by atoms with Crippen LogP contribution in [0.4, 0.5) is 0 Å². The van der Waals surface area contributed by atoms with Crippen molar-refractivity contribution in [3.63, 3.8) is 0 Å². The van der Waals surface area contributed by atoms with Gasteiger partial charge in [0.25, 0.3) is 11.8 Å². The fourth-order valence-corrected chi connectivity index (χ4v) is 3.54. The van der Waals surface area contributed by atoms with Gasteiger partial charge in [0.1, 0.15) is 23.2 Å². The van der Waals surface area contributed by atoms with Gasteiger partial charge in [-0.25, -0.2) is 0 Å². The summed E-state index contributed by atoms with van der Waals surface area (Å²) in [6.45, 7) is 3.08. The van der Waals surface area contributed by atoms with Crippen molar-refractivity contribution in [3.8, 4) is 17.4 Å². The van der Waals surface area contributed by atoms with Gasteiger partial charge >= 0.3 is 0 Å². The predicted octanol–water partition coefficient (Wildman–Crippen LogP) is 4.34. The van der Waals surface area contributed by atoms with Crippen molar-refractivity contribution in [2.45, 2.75) is 20.4 Å². The van der Waals surface area contributed by atoms with Gasteiger partial charge in [0.15, 0.2) is 5.78 Å². The van der Waals surface area contributed by atoms with E-state index in [9.17, 15) is 19.6 Å². The average Bonchev–Trinajstić information content (AvgIpc) is 3.29. The first-order valence-corrected chi connectivity index (χ1v) is 10.2. The molecule has 0 spiro atoms. The van der Waals surface area contributed by atoms with E-state index in [-0.39, 0.29) is 23.5 Å². The standard InChI is InChI=1S/C26H19N3O4/c1-16-22(12-21-9-10-24(33-21)20-7-5-19(6-8-20)17(2)30)25(31)29(26(32)23(16)13-27)15-18-4-3-11-28-14-18/h3-12,14H,15H2,1-2H3/b22-12+. The Bertz CT molecular complexity index is 1360. The van der Waals surface area contributed by atoms with Crippen LogP contribution in [-0.4, -0.2) is 27.5 Å². The number of ketones is 1. The zero-order valence-electron chi connectivity index (χ0n) is 18.0. The Morgan fingerprint density at radius 3 is 2.52 bits per heavy atom. The minimum atomic E-state index is -0.633. The molecule has 0 saturated heterocycles. The number of pyridine rings is 1. The van der Waals surface area contributed by atoms with Gasteiger partial charge in [0.2, 0.25) is 0 Å². The van der Waals surface area contributed by atoms with Gasteiger partial charge in [-0.15, -0.1) is 0 Å². The Morgan fingerprint density at radius 2 is 1.88 bits per heavy atom. The lowest BCUT2D eigenvalue weighted by atomic mass is 9.94. The van der Waals surface area contributed by atoms with Crippen LogP contribution in [0.3, 0.4) is 0 Å². The Balaban J connectivity index is 1.68. The lowest BCUT2D eigenvalue weighted by molar-refractivity contribution is -0.141. The summed E-state index contributed by atoms with van der Waals surface area (Å²) in [5.41, 5.74) is 2.48. The number of imide groups is 1. The van der Waals surface area contributed by atoms with Gasteiger partial charge in [0, 0.05) is 29.1 Å². The van der Waals surface area contributed by atoms with E-state index in [4.69, 9.17) is 4.42 Å². The molecule has 1 aromatic carbocycles. The lowest BCUT2D eigenvalue weighted by Crippen LogP contribution is -2.42. The number of aromatic nitrogens is 1. The Kier molecular flexibility index (Phi) is 5.83.